The maximum atomic E-state index is 12.0. The molecule has 1 amide bonds. The van der Waals surface area contributed by atoms with Crippen molar-refractivity contribution in [2.45, 2.75) is 44.9 Å². The van der Waals surface area contributed by atoms with Gasteiger partial charge in [0.1, 0.15) is 0 Å². The Bertz CT molecular complexity index is 251. The summed E-state index contributed by atoms with van der Waals surface area (Å²) in [5.74, 6) is 1.67. The Kier molecular flexibility index (Phi) is 8.07. The van der Waals surface area contributed by atoms with Crippen LogP contribution in [0.25, 0.3) is 0 Å². The molecule has 0 heterocycles. The number of carbonyl (C=O) groups excluding carboxylic acids is 1. The molecule has 0 atom stereocenters. The molecule has 1 saturated carbocycles. The second-order valence-electron chi connectivity index (χ2n) is 5.88. The Morgan fingerprint density at radius 1 is 1.26 bits per heavy atom. The van der Waals surface area contributed by atoms with E-state index in [1.807, 2.05) is 14.1 Å². The van der Waals surface area contributed by atoms with Crippen molar-refractivity contribution in [1.29, 1.82) is 0 Å². The molecule has 0 aliphatic heterocycles. The second-order valence-corrected chi connectivity index (χ2v) is 5.88. The lowest BCUT2D eigenvalue weighted by molar-refractivity contribution is -0.131. The van der Waals surface area contributed by atoms with Crippen LogP contribution in [-0.2, 0) is 4.79 Å². The van der Waals surface area contributed by atoms with Gasteiger partial charge in [0.05, 0.1) is 0 Å². The van der Waals surface area contributed by atoms with Crippen molar-refractivity contribution in [3.05, 3.63) is 0 Å². The van der Waals surface area contributed by atoms with Gasteiger partial charge < -0.3 is 15.3 Å². The molecule has 4 nitrogen and oxygen atoms in total. The summed E-state index contributed by atoms with van der Waals surface area (Å²) in [4.78, 5) is 13.8. The van der Waals surface area contributed by atoms with Crippen LogP contribution < -0.4 is 5.32 Å². The van der Waals surface area contributed by atoms with Crippen molar-refractivity contribution in [3.8, 4) is 0 Å². The third-order valence-electron chi connectivity index (χ3n) is 4.31. The first-order valence-electron chi connectivity index (χ1n) is 7.66. The molecule has 112 valence electrons. The molecule has 0 radical (unpaired) electrons. The molecule has 0 aromatic heterocycles. The minimum atomic E-state index is 0.161. The first-order chi connectivity index (χ1) is 9.17. The summed E-state index contributed by atoms with van der Waals surface area (Å²) in [6.07, 6.45) is 7.61. The fraction of sp³-hybridized carbons (Fsp3) is 0.933. The van der Waals surface area contributed by atoms with Crippen LogP contribution >= 0.6 is 0 Å². The molecule has 0 saturated heterocycles. The van der Waals surface area contributed by atoms with Gasteiger partial charge in [0.25, 0.3) is 0 Å². The van der Waals surface area contributed by atoms with Crippen molar-refractivity contribution >= 4 is 5.91 Å². The maximum absolute atomic E-state index is 12.0. The van der Waals surface area contributed by atoms with Gasteiger partial charge in [-0.05, 0) is 51.1 Å². The minimum Gasteiger partial charge on any atom is -0.396 e. The first kappa shape index (κ1) is 16.4. The summed E-state index contributed by atoms with van der Waals surface area (Å²) in [5.41, 5.74) is 0. The number of hydrogen-bond acceptors (Lipinski definition) is 3. The van der Waals surface area contributed by atoms with Gasteiger partial charge in [0, 0.05) is 26.6 Å². The SMILES string of the molecule is CNCCC1CCC(CC(=O)N(C)CCCO)CC1. The predicted molar refractivity (Wildman–Crippen MR) is 77.9 cm³/mol. The van der Waals surface area contributed by atoms with E-state index in [-0.39, 0.29) is 12.5 Å². The Morgan fingerprint density at radius 2 is 1.89 bits per heavy atom. The molecule has 1 aliphatic rings. The Labute approximate surface area is 117 Å². The summed E-state index contributed by atoms with van der Waals surface area (Å²) in [5, 5.41) is 12.0. The average molecular weight is 270 g/mol. The number of amides is 1. The molecule has 1 fully saturated rings. The van der Waals surface area contributed by atoms with Crippen molar-refractivity contribution < 1.29 is 9.90 Å². The molecule has 2 N–H and O–H groups in total. The number of rotatable bonds is 8. The van der Waals surface area contributed by atoms with E-state index in [0.29, 0.717) is 25.3 Å². The van der Waals surface area contributed by atoms with E-state index in [4.69, 9.17) is 5.11 Å². The third-order valence-corrected chi connectivity index (χ3v) is 4.31. The quantitative estimate of drug-likeness (QED) is 0.705. The Hall–Kier alpha value is -0.610. The number of aliphatic hydroxyl groups excluding tert-OH is 1. The van der Waals surface area contributed by atoms with Gasteiger partial charge >= 0.3 is 0 Å². The molecular weight excluding hydrogens is 240 g/mol. The predicted octanol–water partition coefficient (Wildman–Crippen LogP) is 1.63. The van der Waals surface area contributed by atoms with E-state index in [1.54, 1.807) is 4.90 Å². The van der Waals surface area contributed by atoms with Crippen LogP contribution in [0.1, 0.15) is 44.9 Å². The van der Waals surface area contributed by atoms with Gasteiger partial charge in [-0.1, -0.05) is 12.8 Å². The number of hydrogen-bond donors (Lipinski definition) is 2. The highest BCUT2D eigenvalue weighted by molar-refractivity contribution is 5.76. The van der Waals surface area contributed by atoms with Crippen LogP contribution in [-0.4, -0.2) is 49.7 Å². The molecule has 4 heteroatoms. The summed E-state index contributed by atoms with van der Waals surface area (Å²) in [6, 6.07) is 0. The highest BCUT2D eigenvalue weighted by atomic mass is 16.3. The molecule has 0 aromatic carbocycles. The molecule has 0 unspecified atom stereocenters. The van der Waals surface area contributed by atoms with E-state index in [9.17, 15) is 4.79 Å². The summed E-state index contributed by atoms with van der Waals surface area (Å²) >= 11 is 0. The number of aliphatic hydroxyl groups is 1. The Balaban J connectivity index is 2.19. The molecule has 1 rings (SSSR count). The van der Waals surface area contributed by atoms with Crippen LogP contribution in [0.5, 0.6) is 0 Å². The Morgan fingerprint density at radius 3 is 2.47 bits per heavy atom. The zero-order valence-corrected chi connectivity index (χ0v) is 12.5. The third kappa shape index (κ3) is 6.39. The highest BCUT2D eigenvalue weighted by Crippen LogP contribution is 2.32. The largest absolute Gasteiger partial charge is 0.396 e. The molecule has 0 spiro atoms. The molecule has 19 heavy (non-hydrogen) atoms. The van der Waals surface area contributed by atoms with Crippen LogP contribution in [0.3, 0.4) is 0 Å². The van der Waals surface area contributed by atoms with Gasteiger partial charge in [0.15, 0.2) is 0 Å². The molecule has 0 aromatic rings. The van der Waals surface area contributed by atoms with Crippen LogP contribution in [0.2, 0.25) is 0 Å². The molecule has 1 aliphatic carbocycles. The molecular formula is C15H30N2O2. The van der Waals surface area contributed by atoms with Crippen LogP contribution in [0.4, 0.5) is 0 Å². The fourth-order valence-corrected chi connectivity index (χ4v) is 2.91. The van der Waals surface area contributed by atoms with E-state index in [1.165, 1.54) is 32.1 Å². The first-order valence-corrected chi connectivity index (χ1v) is 7.66. The smallest absolute Gasteiger partial charge is 0.222 e. The van der Waals surface area contributed by atoms with Gasteiger partial charge in [-0.15, -0.1) is 0 Å². The van der Waals surface area contributed by atoms with Gasteiger partial charge in [0.2, 0.25) is 5.91 Å². The number of nitrogens with one attached hydrogen (secondary N) is 1. The van der Waals surface area contributed by atoms with Crippen LogP contribution in [0, 0.1) is 11.8 Å². The topological polar surface area (TPSA) is 52.6 Å². The fourth-order valence-electron chi connectivity index (χ4n) is 2.91. The van der Waals surface area contributed by atoms with E-state index in [2.05, 4.69) is 5.32 Å². The second kappa shape index (κ2) is 9.32. The number of nitrogens with zero attached hydrogens (tertiary/aromatic N) is 1. The van der Waals surface area contributed by atoms with E-state index < -0.39 is 0 Å². The van der Waals surface area contributed by atoms with E-state index in [0.717, 1.165) is 12.5 Å². The normalized spacial score (nSPS) is 23.3. The molecule has 0 bridgehead atoms. The lowest BCUT2D eigenvalue weighted by Gasteiger charge is -2.29. The van der Waals surface area contributed by atoms with Crippen molar-refractivity contribution in [2.75, 3.05) is 33.8 Å². The number of carbonyl (C=O) groups is 1. The average Bonchev–Trinajstić information content (AvgIpc) is 2.43. The standard InChI is InChI=1S/C15H30N2O2/c1-16-9-8-13-4-6-14(7-5-13)12-15(19)17(2)10-3-11-18/h13-14,16,18H,3-12H2,1-2H3. The maximum Gasteiger partial charge on any atom is 0.222 e. The lowest BCUT2D eigenvalue weighted by Crippen LogP contribution is -2.31. The van der Waals surface area contributed by atoms with Crippen LogP contribution in [0.15, 0.2) is 0 Å². The highest BCUT2D eigenvalue weighted by Gasteiger charge is 2.23. The zero-order chi connectivity index (χ0) is 14.1. The van der Waals surface area contributed by atoms with E-state index >= 15 is 0 Å². The van der Waals surface area contributed by atoms with Gasteiger partial charge in [-0.3, -0.25) is 4.79 Å². The summed E-state index contributed by atoms with van der Waals surface area (Å²) in [7, 11) is 3.85. The zero-order valence-electron chi connectivity index (χ0n) is 12.5. The van der Waals surface area contributed by atoms with Crippen molar-refractivity contribution in [3.63, 3.8) is 0 Å². The lowest BCUT2D eigenvalue weighted by atomic mass is 9.79. The monoisotopic (exact) mass is 270 g/mol. The summed E-state index contributed by atoms with van der Waals surface area (Å²) < 4.78 is 0. The van der Waals surface area contributed by atoms with Crippen molar-refractivity contribution in [2.24, 2.45) is 11.8 Å². The minimum absolute atomic E-state index is 0.161. The van der Waals surface area contributed by atoms with Gasteiger partial charge in [-0.2, -0.15) is 0 Å². The van der Waals surface area contributed by atoms with Gasteiger partial charge in [-0.25, -0.2) is 0 Å². The summed E-state index contributed by atoms with van der Waals surface area (Å²) in [6.45, 7) is 1.94. The van der Waals surface area contributed by atoms with Crippen molar-refractivity contribution in [1.82, 2.24) is 10.2 Å².